The number of morpholine rings is 1. The molecule has 0 spiro atoms. The Hall–Kier alpha value is -3.81. The number of amides is 1. The molecule has 2 heterocycles. The molecule has 3 aromatic rings. The molecule has 1 aliphatic rings. The van der Waals surface area contributed by atoms with Gasteiger partial charge in [-0.3, -0.25) is 14.9 Å². The van der Waals surface area contributed by atoms with Gasteiger partial charge in [-0.1, -0.05) is 12.1 Å². The number of aryl methyl sites for hydroxylation is 1. The average Bonchev–Trinajstić information content (AvgIpc) is 3.21. The molecule has 39 heavy (non-hydrogen) atoms. The summed E-state index contributed by atoms with van der Waals surface area (Å²) in [5.41, 5.74) is 0.992. The molecule has 2 aromatic carbocycles. The fourth-order valence-corrected chi connectivity index (χ4v) is 5.65. The molecule has 1 aliphatic heterocycles. The van der Waals surface area contributed by atoms with Crippen molar-refractivity contribution < 1.29 is 27.6 Å². The standard InChI is InChI=1S/C26H31N5O7S/c1-17-7-6-8-19(15-17)27-24(32)23-18(2)25(30(28-23)26(3,4)5)38-21-10-9-20(31(33)34)16-22(21)39(35,36)29-11-13-37-14-12-29/h6-10,15-16H,11-14H2,1-5H3,(H,27,32). The van der Waals surface area contributed by atoms with Gasteiger partial charge in [-0.2, -0.15) is 9.40 Å². The number of carbonyl (C=O) groups is 1. The van der Waals surface area contributed by atoms with Crippen LogP contribution in [0.4, 0.5) is 11.4 Å². The van der Waals surface area contributed by atoms with Crippen molar-refractivity contribution in [3.05, 3.63) is 69.4 Å². The van der Waals surface area contributed by atoms with Crippen LogP contribution in [0.1, 0.15) is 42.4 Å². The molecule has 0 atom stereocenters. The predicted molar refractivity (Wildman–Crippen MR) is 144 cm³/mol. The van der Waals surface area contributed by atoms with Gasteiger partial charge >= 0.3 is 0 Å². The second-order valence-electron chi connectivity index (χ2n) is 10.2. The van der Waals surface area contributed by atoms with E-state index in [-0.39, 0.29) is 48.5 Å². The third-order valence-electron chi connectivity index (χ3n) is 6.13. The quantitative estimate of drug-likeness (QED) is 0.335. The van der Waals surface area contributed by atoms with E-state index >= 15 is 0 Å². The van der Waals surface area contributed by atoms with Crippen LogP contribution in [0.5, 0.6) is 11.6 Å². The number of nitrogens with one attached hydrogen (secondary N) is 1. The van der Waals surface area contributed by atoms with Crippen LogP contribution < -0.4 is 10.1 Å². The SMILES string of the molecule is Cc1cccc(NC(=O)c2nn(C(C)(C)C)c(Oc3ccc([N+](=O)[O-])cc3S(=O)(=O)N3CCOCC3)c2C)c1. The van der Waals surface area contributed by atoms with Crippen molar-refractivity contribution in [1.82, 2.24) is 14.1 Å². The number of benzene rings is 2. The number of sulfonamides is 1. The molecule has 0 radical (unpaired) electrons. The molecular formula is C26H31N5O7S. The number of non-ortho nitro benzene ring substituents is 1. The summed E-state index contributed by atoms with van der Waals surface area (Å²) in [6.45, 7) is 9.76. The Morgan fingerprint density at radius 1 is 1.13 bits per heavy atom. The summed E-state index contributed by atoms with van der Waals surface area (Å²) in [6.07, 6.45) is 0. The van der Waals surface area contributed by atoms with Crippen molar-refractivity contribution in [3.63, 3.8) is 0 Å². The maximum Gasteiger partial charge on any atom is 0.276 e. The molecule has 208 valence electrons. The summed E-state index contributed by atoms with van der Waals surface area (Å²) in [7, 11) is -4.17. The second kappa shape index (κ2) is 10.8. The second-order valence-corrected chi connectivity index (χ2v) is 12.1. The molecule has 1 amide bonds. The van der Waals surface area contributed by atoms with Gasteiger partial charge < -0.3 is 14.8 Å². The van der Waals surface area contributed by atoms with Crippen LogP contribution in [0.25, 0.3) is 0 Å². The summed E-state index contributed by atoms with van der Waals surface area (Å²) in [4.78, 5) is 23.7. The number of hydrogen-bond acceptors (Lipinski definition) is 8. The molecule has 1 saturated heterocycles. The van der Waals surface area contributed by atoms with E-state index in [1.165, 1.54) is 21.1 Å². The molecule has 13 heteroatoms. The first-order valence-electron chi connectivity index (χ1n) is 12.3. The third-order valence-corrected chi connectivity index (χ3v) is 8.05. The monoisotopic (exact) mass is 557 g/mol. The van der Waals surface area contributed by atoms with Crippen LogP contribution >= 0.6 is 0 Å². The molecule has 0 bridgehead atoms. The van der Waals surface area contributed by atoms with E-state index in [0.717, 1.165) is 11.6 Å². The molecule has 12 nitrogen and oxygen atoms in total. The van der Waals surface area contributed by atoms with E-state index in [4.69, 9.17) is 9.47 Å². The highest BCUT2D eigenvalue weighted by Gasteiger charge is 2.33. The van der Waals surface area contributed by atoms with Gasteiger partial charge in [0.15, 0.2) is 5.69 Å². The normalized spacial score (nSPS) is 14.7. The Balaban J connectivity index is 1.79. The minimum Gasteiger partial charge on any atom is -0.438 e. The summed E-state index contributed by atoms with van der Waals surface area (Å²) in [6, 6.07) is 10.7. The smallest absolute Gasteiger partial charge is 0.276 e. The first-order valence-corrected chi connectivity index (χ1v) is 13.8. The van der Waals surface area contributed by atoms with E-state index in [1.54, 1.807) is 13.0 Å². The lowest BCUT2D eigenvalue weighted by molar-refractivity contribution is -0.385. The lowest BCUT2D eigenvalue weighted by Crippen LogP contribution is -2.40. The summed E-state index contributed by atoms with van der Waals surface area (Å²) >= 11 is 0. The number of nitrogens with zero attached hydrogens (tertiary/aromatic N) is 4. The van der Waals surface area contributed by atoms with Gasteiger partial charge in [-0.05, 0) is 58.4 Å². The van der Waals surface area contributed by atoms with Crippen molar-refractivity contribution in [3.8, 4) is 11.6 Å². The van der Waals surface area contributed by atoms with Gasteiger partial charge in [-0.15, -0.1) is 0 Å². The molecule has 1 aromatic heterocycles. The van der Waals surface area contributed by atoms with E-state index in [0.29, 0.717) is 11.3 Å². The van der Waals surface area contributed by atoms with Crippen LogP contribution in [0.15, 0.2) is 47.4 Å². The fourth-order valence-electron chi connectivity index (χ4n) is 4.11. The van der Waals surface area contributed by atoms with Gasteiger partial charge in [0.2, 0.25) is 15.9 Å². The highest BCUT2D eigenvalue weighted by Crippen LogP contribution is 2.38. The van der Waals surface area contributed by atoms with Crippen molar-refractivity contribution in [1.29, 1.82) is 0 Å². The van der Waals surface area contributed by atoms with Gasteiger partial charge in [0.05, 0.1) is 23.7 Å². The highest BCUT2D eigenvalue weighted by atomic mass is 32.2. The molecule has 1 N–H and O–H groups in total. The summed E-state index contributed by atoms with van der Waals surface area (Å²) in [5.74, 6) is -0.439. The largest absolute Gasteiger partial charge is 0.438 e. The zero-order valence-electron chi connectivity index (χ0n) is 22.4. The maximum atomic E-state index is 13.6. The zero-order chi connectivity index (χ0) is 28.5. The van der Waals surface area contributed by atoms with Crippen molar-refractivity contribution >= 4 is 27.3 Å². The van der Waals surface area contributed by atoms with Crippen molar-refractivity contribution in [2.75, 3.05) is 31.6 Å². The van der Waals surface area contributed by atoms with Crippen LogP contribution in [-0.4, -0.2) is 59.6 Å². The molecule has 0 unspecified atom stereocenters. The number of anilines is 1. The van der Waals surface area contributed by atoms with Gasteiger partial charge in [0, 0.05) is 36.5 Å². The number of nitro benzene ring substituents is 1. The minimum absolute atomic E-state index is 0.0981. The molecule has 4 rings (SSSR count). The van der Waals surface area contributed by atoms with E-state index in [1.807, 2.05) is 45.9 Å². The van der Waals surface area contributed by atoms with Crippen LogP contribution in [0.3, 0.4) is 0 Å². The summed E-state index contributed by atoms with van der Waals surface area (Å²) < 4.78 is 41.3. The Labute approximate surface area is 226 Å². The Bertz CT molecular complexity index is 1520. The van der Waals surface area contributed by atoms with Crippen LogP contribution in [0.2, 0.25) is 0 Å². The Morgan fingerprint density at radius 3 is 2.44 bits per heavy atom. The minimum atomic E-state index is -4.17. The van der Waals surface area contributed by atoms with Gasteiger partial charge in [-0.25, -0.2) is 13.1 Å². The molecule has 1 fully saturated rings. The number of rotatable bonds is 7. The average molecular weight is 558 g/mol. The Morgan fingerprint density at radius 2 is 1.82 bits per heavy atom. The number of carbonyl (C=O) groups excluding carboxylic acids is 1. The van der Waals surface area contributed by atoms with E-state index in [9.17, 15) is 23.3 Å². The molecule has 0 aliphatic carbocycles. The third kappa shape index (κ3) is 5.95. The van der Waals surface area contributed by atoms with Gasteiger partial charge in [0.1, 0.15) is 10.6 Å². The van der Waals surface area contributed by atoms with Gasteiger partial charge in [0.25, 0.3) is 11.6 Å². The highest BCUT2D eigenvalue weighted by molar-refractivity contribution is 7.89. The molecule has 0 saturated carbocycles. The lowest BCUT2D eigenvalue weighted by atomic mass is 10.1. The van der Waals surface area contributed by atoms with E-state index < -0.39 is 32.1 Å². The number of aromatic nitrogens is 2. The zero-order valence-corrected chi connectivity index (χ0v) is 23.2. The lowest BCUT2D eigenvalue weighted by Gasteiger charge is -2.27. The van der Waals surface area contributed by atoms with E-state index in [2.05, 4.69) is 10.4 Å². The fraction of sp³-hybridized carbons (Fsp3) is 0.385. The van der Waals surface area contributed by atoms with Crippen LogP contribution in [0, 0.1) is 24.0 Å². The number of hydrogen-bond donors (Lipinski definition) is 1. The number of ether oxygens (including phenoxy) is 2. The molecular weight excluding hydrogens is 526 g/mol. The van der Waals surface area contributed by atoms with Crippen LogP contribution in [-0.2, 0) is 20.3 Å². The predicted octanol–water partition coefficient (Wildman–Crippen LogP) is 4.23. The number of nitro groups is 1. The topological polar surface area (TPSA) is 146 Å². The summed E-state index contributed by atoms with van der Waals surface area (Å²) in [5, 5.41) is 18.8. The first-order chi connectivity index (χ1) is 18.3. The van der Waals surface area contributed by atoms with Crippen molar-refractivity contribution in [2.24, 2.45) is 0 Å². The first kappa shape index (κ1) is 28.2. The van der Waals surface area contributed by atoms with Crippen molar-refractivity contribution in [2.45, 2.75) is 45.1 Å². The Kier molecular flexibility index (Phi) is 7.77. The maximum absolute atomic E-state index is 13.6.